The van der Waals surface area contributed by atoms with Crippen LogP contribution in [0.5, 0.6) is 5.75 Å². The van der Waals surface area contributed by atoms with E-state index in [1.54, 1.807) is 12.5 Å². The van der Waals surface area contributed by atoms with Gasteiger partial charge >= 0.3 is 0 Å². The zero-order chi connectivity index (χ0) is 20.5. The molecule has 0 spiro atoms. The van der Waals surface area contributed by atoms with Crippen molar-refractivity contribution in [2.24, 2.45) is 0 Å². The Morgan fingerprint density at radius 2 is 2.00 bits per heavy atom. The van der Waals surface area contributed by atoms with Gasteiger partial charge in [-0.25, -0.2) is 4.98 Å². The normalized spacial score (nSPS) is 16.0. The Labute approximate surface area is 174 Å². The van der Waals surface area contributed by atoms with Gasteiger partial charge in [-0.15, -0.1) is 0 Å². The van der Waals surface area contributed by atoms with Gasteiger partial charge in [0.2, 0.25) is 5.75 Å². The molecule has 1 unspecified atom stereocenters. The second-order valence-electron chi connectivity index (χ2n) is 7.73. The molecule has 0 radical (unpaired) electrons. The minimum atomic E-state index is -0.183. The van der Waals surface area contributed by atoms with Crippen molar-refractivity contribution >= 4 is 16.8 Å². The van der Waals surface area contributed by atoms with Crippen molar-refractivity contribution in [2.45, 2.75) is 31.9 Å². The molecule has 1 aliphatic heterocycles. The summed E-state index contributed by atoms with van der Waals surface area (Å²) in [4.78, 5) is 4.37. The van der Waals surface area contributed by atoms with Gasteiger partial charge in [0.15, 0.2) is 11.4 Å². The summed E-state index contributed by atoms with van der Waals surface area (Å²) < 4.78 is 14.2. The Kier molecular flexibility index (Phi) is 4.88. The first-order valence-electron chi connectivity index (χ1n) is 10.3. The lowest BCUT2D eigenvalue weighted by Crippen LogP contribution is -2.29. The number of nitrogen functional groups attached to an aromatic ring is 1. The van der Waals surface area contributed by atoms with Crippen LogP contribution in [0.1, 0.15) is 37.5 Å². The van der Waals surface area contributed by atoms with Crippen LogP contribution >= 0.6 is 0 Å². The van der Waals surface area contributed by atoms with Gasteiger partial charge in [-0.3, -0.25) is 4.68 Å². The molecular formula is C23H25N5O2. The van der Waals surface area contributed by atoms with Crippen LogP contribution in [0.3, 0.4) is 0 Å². The van der Waals surface area contributed by atoms with Gasteiger partial charge < -0.3 is 20.2 Å². The van der Waals surface area contributed by atoms with Gasteiger partial charge in [0.25, 0.3) is 0 Å². The quantitative estimate of drug-likeness (QED) is 0.515. The maximum atomic E-state index is 6.19. The topological polar surface area (TPSA) is 91.1 Å². The van der Waals surface area contributed by atoms with E-state index in [9.17, 15) is 0 Å². The third-order valence-corrected chi connectivity index (χ3v) is 5.76. The highest BCUT2D eigenvalue weighted by atomic mass is 16.5. The van der Waals surface area contributed by atoms with Crippen LogP contribution in [0, 0.1) is 0 Å². The molecule has 0 bridgehead atoms. The number of piperidine rings is 1. The predicted octanol–water partition coefficient (Wildman–Crippen LogP) is 4.34. The Balaban J connectivity index is 1.47. The predicted molar refractivity (Wildman–Crippen MR) is 116 cm³/mol. The van der Waals surface area contributed by atoms with E-state index in [0.717, 1.165) is 48.0 Å². The first-order valence-corrected chi connectivity index (χ1v) is 10.3. The lowest BCUT2D eigenvalue weighted by atomic mass is 10.1. The molecule has 1 saturated heterocycles. The number of aromatic nitrogens is 3. The SMILES string of the molecule is CC(Oc1c(N)ncc2c(-c3cnn(C4CCNCC4)c3)coc12)c1ccccc1. The molecule has 3 N–H and O–H groups in total. The Hall–Kier alpha value is -3.32. The molecule has 7 heteroatoms. The minimum Gasteiger partial charge on any atom is -0.479 e. The van der Waals surface area contributed by atoms with Crippen molar-refractivity contribution in [1.29, 1.82) is 0 Å². The van der Waals surface area contributed by atoms with Gasteiger partial charge in [0.1, 0.15) is 12.4 Å². The summed E-state index contributed by atoms with van der Waals surface area (Å²) >= 11 is 0. The lowest BCUT2D eigenvalue weighted by Gasteiger charge is -2.22. The molecule has 7 nitrogen and oxygen atoms in total. The van der Waals surface area contributed by atoms with Gasteiger partial charge in [0, 0.05) is 23.5 Å². The Morgan fingerprint density at radius 1 is 1.20 bits per heavy atom. The molecule has 0 saturated carbocycles. The highest BCUT2D eigenvalue weighted by Gasteiger charge is 2.21. The fourth-order valence-electron chi connectivity index (χ4n) is 4.03. The summed E-state index contributed by atoms with van der Waals surface area (Å²) in [5, 5.41) is 8.86. The van der Waals surface area contributed by atoms with Crippen LogP contribution in [0.25, 0.3) is 22.1 Å². The molecule has 3 aromatic heterocycles. The van der Waals surface area contributed by atoms with Crippen LogP contribution in [0.2, 0.25) is 0 Å². The molecule has 154 valence electrons. The molecule has 1 aliphatic rings. The van der Waals surface area contributed by atoms with Crippen molar-refractivity contribution in [3.05, 3.63) is 60.7 Å². The monoisotopic (exact) mass is 403 g/mol. The van der Waals surface area contributed by atoms with Gasteiger partial charge in [-0.05, 0) is 38.4 Å². The third kappa shape index (κ3) is 3.41. The third-order valence-electron chi connectivity index (χ3n) is 5.76. The number of rotatable bonds is 5. The van der Waals surface area contributed by atoms with E-state index >= 15 is 0 Å². The van der Waals surface area contributed by atoms with E-state index in [0.29, 0.717) is 23.2 Å². The van der Waals surface area contributed by atoms with Crippen LogP contribution in [0.4, 0.5) is 5.82 Å². The number of hydrogen-bond acceptors (Lipinski definition) is 6. The van der Waals surface area contributed by atoms with Gasteiger partial charge in [0.05, 0.1) is 17.6 Å². The van der Waals surface area contributed by atoms with Crippen molar-refractivity contribution in [2.75, 3.05) is 18.8 Å². The maximum absolute atomic E-state index is 6.19. The van der Waals surface area contributed by atoms with E-state index < -0.39 is 0 Å². The molecule has 0 amide bonds. The standard InChI is InChI=1S/C23H25N5O2/c1-15(16-5-3-2-4-6-16)30-22-21-19(12-26-23(22)24)20(14-29-21)17-11-27-28(13-17)18-7-9-25-10-8-18/h2-6,11-15,18,25H,7-10H2,1H3,(H2,24,26). The number of benzene rings is 1. The molecule has 5 rings (SSSR count). The minimum absolute atomic E-state index is 0.183. The zero-order valence-electron chi connectivity index (χ0n) is 16.9. The first-order chi connectivity index (χ1) is 14.7. The van der Waals surface area contributed by atoms with Crippen LogP contribution in [0.15, 0.2) is 59.6 Å². The second kappa shape index (κ2) is 7.84. The van der Waals surface area contributed by atoms with E-state index in [-0.39, 0.29) is 6.10 Å². The first kappa shape index (κ1) is 18.7. The van der Waals surface area contributed by atoms with Crippen LogP contribution in [-0.4, -0.2) is 27.9 Å². The molecule has 0 aliphatic carbocycles. The van der Waals surface area contributed by atoms with Crippen molar-refractivity contribution in [3.63, 3.8) is 0 Å². The largest absolute Gasteiger partial charge is 0.479 e. The molecule has 30 heavy (non-hydrogen) atoms. The lowest BCUT2D eigenvalue weighted by molar-refractivity contribution is 0.227. The summed E-state index contributed by atoms with van der Waals surface area (Å²) in [7, 11) is 0. The molecule has 1 aromatic carbocycles. The number of ether oxygens (including phenoxy) is 1. The van der Waals surface area contributed by atoms with Crippen molar-refractivity contribution in [3.8, 4) is 16.9 Å². The van der Waals surface area contributed by atoms with Crippen molar-refractivity contribution in [1.82, 2.24) is 20.1 Å². The van der Waals surface area contributed by atoms with Gasteiger partial charge in [-0.2, -0.15) is 5.10 Å². The summed E-state index contributed by atoms with van der Waals surface area (Å²) in [5.41, 5.74) is 9.75. The summed E-state index contributed by atoms with van der Waals surface area (Å²) in [5.74, 6) is 0.789. The Morgan fingerprint density at radius 3 is 2.80 bits per heavy atom. The highest BCUT2D eigenvalue weighted by molar-refractivity contribution is 5.97. The molecule has 1 atom stereocenters. The number of nitrogens with zero attached hydrogens (tertiary/aromatic N) is 3. The van der Waals surface area contributed by atoms with E-state index in [4.69, 9.17) is 14.9 Å². The molecule has 1 fully saturated rings. The van der Waals surface area contributed by atoms with Gasteiger partial charge in [-0.1, -0.05) is 30.3 Å². The van der Waals surface area contributed by atoms with Crippen LogP contribution < -0.4 is 15.8 Å². The zero-order valence-corrected chi connectivity index (χ0v) is 16.9. The number of hydrogen-bond donors (Lipinski definition) is 2. The summed E-state index contributed by atoms with van der Waals surface area (Å²) in [6.07, 6.45) is 9.43. The average molecular weight is 403 g/mol. The number of pyridine rings is 1. The number of furan rings is 1. The molecule has 4 aromatic rings. The number of nitrogens with two attached hydrogens (primary N) is 1. The number of anilines is 1. The van der Waals surface area contributed by atoms with Crippen LogP contribution in [-0.2, 0) is 0 Å². The van der Waals surface area contributed by atoms with E-state index in [1.807, 2.05) is 43.5 Å². The molecule has 4 heterocycles. The maximum Gasteiger partial charge on any atom is 0.205 e. The van der Waals surface area contributed by atoms with Crippen molar-refractivity contribution < 1.29 is 9.15 Å². The average Bonchev–Trinajstić information content (AvgIpc) is 3.44. The fourth-order valence-corrected chi connectivity index (χ4v) is 4.03. The summed E-state index contributed by atoms with van der Waals surface area (Å²) in [6, 6.07) is 10.4. The number of fused-ring (bicyclic) bond motifs is 1. The fraction of sp³-hybridized carbons (Fsp3) is 0.304. The van der Waals surface area contributed by atoms with E-state index in [2.05, 4.69) is 26.3 Å². The smallest absolute Gasteiger partial charge is 0.205 e. The van der Waals surface area contributed by atoms with E-state index in [1.165, 1.54) is 0 Å². The second-order valence-corrected chi connectivity index (χ2v) is 7.73. The number of nitrogens with one attached hydrogen (secondary N) is 1. The summed E-state index contributed by atoms with van der Waals surface area (Å²) in [6.45, 7) is 4.04. The Bertz CT molecular complexity index is 1150. The molecular weight excluding hydrogens is 378 g/mol. The highest BCUT2D eigenvalue weighted by Crippen LogP contribution is 2.39.